The van der Waals surface area contributed by atoms with Gasteiger partial charge in [0.2, 0.25) is 11.7 Å². The molecule has 5 aromatic rings. The van der Waals surface area contributed by atoms with Crippen LogP contribution in [-0.4, -0.2) is 37.8 Å². The standard InChI is InChI=1S/C24H18N2O6S/c1-12-3-10-17(32-12)21(28)19-20(13-4-6-14(27)7-5-13)26(23(30)22(19)29)24-25-16-9-8-15(31-2)11-18(16)33-24/h3-11,27,29-30H,1-2H3. The minimum atomic E-state index is -0.597. The largest absolute Gasteiger partial charge is 0.508 e. The summed E-state index contributed by atoms with van der Waals surface area (Å²) in [6.07, 6.45) is 0. The number of rotatable bonds is 5. The maximum absolute atomic E-state index is 13.3. The Bertz CT molecular complexity index is 1510. The molecule has 3 aromatic heterocycles. The predicted octanol–water partition coefficient (Wildman–Crippen LogP) is 5.01. The van der Waals surface area contributed by atoms with Crippen LogP contribution in [0.3, 0.4) is 0 Å². The highest BCUT2D eigenvalue weighted by molar-refractivity contribution is 7.20. The summed E-state index contributed by atoms with van der Waals surface area (Å²) in [4.78, 5) is 17.9. The molecule has 0 unspecified atom stereocenters. The Labute approximate surface area is 191 Å². The quantitative estimate of drug-likeness (QED) is 0.314. The molecule has 0 saturated carbocycles. The number of phenolic OH excluding ortho intramolecular Hbond substituents is 1. The number of ether oxygens (including phenoxy) is 1. The van der Waals surface area contributed by atoms with Crippen LogP contribution >= 0.6 is 11.3 Å². The van der Waals surface area contributed by atoms with Gasteiger partial charge in [-0.05, 0) is 67.1 Å². The fourth-order valence-electron chi connectivity index (χ4n) is 3.64. The number of hydrogen-bond acceptors (Lipinski definition) is 8. The number of thiazole rings is 1. The highest BCUT2D eigenvalue weighted by Crippen LogP contribution is 2.45. The van der Waals surface area contributed by atoms with E-state index in [9.17, 15) is 20.1 Å². The highest BCUT2D eigenvalue weighted by atomic mass is 32.1. The number of phenols is 1. The van der Waals surface area contributed by atoms with E-state index in [0.29, 0.717) is 27.7 Å². The van der Waals surface area contributed by atoms with Gasteiger partial charge in [-0.3, -0.25) is 9.36 Å². The summed E-state index contributed by atoms with van der Waals surface area (Å²) in [6, 6.07) is 14.6. The van der Waals surface area contributed by atoms with Gasteiger partial charge in [0.25, 0.3) is 0 Å². The van der Waals surface area contributed by atoms with Gasteiger partial charge in [0, 0.05) is 0 Å². The Hall–Kier alpha value is -4.24. The van der Waals surface area contributed by atoms with E-state index >= 15 is 0 Å². The number of aryl methyl sites for hydroxylation is 1. The third kappa shape index (κ3) is 3.39. The number of aromatic nitrogens is 2. The van der Waals surface area contributed by atoms with E-state index < -0.39 is 17.4 Å². The molecule has 0 saturated heterocycles. The summed E-state index contributed by atoms with van der Waals surface area (Å²) in [5.41, 5.74) is 1.22. The minimum Gasteiger partial charge on any atom is -0.508 e. The monoisotopic (exact) mass is 462 g/mol. The normalized spacial score (nSPS) is 11.2. The molecule has 0 aliphatic rings. The van der Waals surface area contributed by atoms with Gasteiger partial charge in [0.15, 0.2) is 16.6 Å². The fraction of sp³-hybridized carbons (Fsp3) is 0.0833. The molecule has 0 aliphatic heterocycles. The molecular formula is C24H18N2O6S. The summed E-state index contributed by atoms with van der Waals surface area (Å²) in [5, 5.41) is 31.8. The van der Waals surface area contributed by atoms with Crippen molar-refractivity contribution in [3.05, 3.63) is 71.7 Å². The van der Waals surface area contributed by atoms with Crippen LogP contribution in [0.25, 0.3) is 26.6 Å². The van der Waals surface area contributed by atoms with E-state index in [1.165, 1.54) is 34.1 Å². The Morgan fingerprint density at radius 1 is 1.06 bits per heavy atom. The summed E-state index contributed by atoms with van der Waals surface area (Å²) < 4.78 is 12.9. The van der Waals surface area contributed by atoms with Crippen molar-refractivity contribution in [2.75, 3.05) is 7.11 Å². The molecule has 8 nitrogen and oxygen atoms in total. The van der Waals surface area contributed by atoms with Gasteiger partial charge in [-0.25, -0.2) is 4.98 Å². The van der Waals surface area contributed by atoms with Crippen molar-refractivity contribution in [2.45, 2.75) is 6.92 Å². The Morgan fingerprint density at radius 3 is 2.48 bits per heavy atom. The van der Waals surface area contributed by atoms with Crippen LogP contribution in [0.4, 0.5) is 0 Å². The summed E-state index contributed by atoms with van der Waals surface area (Å²) in [6.45, 7) is 1.70. The maximum Gasteiger partial charge on any atom is 0.242 e. The van der Waals surface area contributed by atoms with Gasteiger partial charge in [-0.15, -0.1) is 0 Å². The predicted molar refractivity (Wildman–Crippen MR) is 123 cm³/mol. The number of aromatic hydroxyl groups is 3. The van der Waals surface area contributed by atoms with E-state index in [4.69, 9.17) is 9.15 Å². The van der Waals surface area contributed by atoms with Crippen LogP contribution < -0.4 is 4.74 Å². The lowest BCUT2D eigenvalue weighted by Crippen LogP contribution is -2.04. The molecule has 5 rings (SSSR count). The first-order valence-electron chi connectivity index (χ1n) is 9.89. The minimum absolute atomic E-state index is 0.0222. The Balaban J connectivity index is 1.79. The fourth-order valence-corrected chi connectivity index (χ4v) is 4.64. The molecule has 0 fully saturated rings. The van der Waals surface area contributed by atoms with E-state index in [-0.39, 0.29) is 22.8 Å². The second-order valence-electron chi connectivity index (χ2n) is 7.35. The summed E-state index contributed by atoms with van der Waals surface area (Å²) >= 11 is 1.26. The second kappa shape index (κ2) is 7.72. The SMILES string of the molecule is COc1ccc2nc(-n3c(O)c(O)c(C(=O)c4ccc(C)o4)c3-c3ccc(O)cc3)sc2c1. The zero-order valence-corrected chi connectivity index (χ0v) is 18.4. The van der Waals surface area contributed by atoms with Crippen LogP contribution in [0, 0.1) is 6.92 Å². The van der Waals surface area contributed by atoms with E-state index in [1.807, 2.05) is 6.07 Å². The number of hydrogen-bond donors (Lipinski definition) is 3. The van der Waals surface area contributed by atoms with Gasteiger partial charge in [-0.2, -0.15) is 0 Å². The second-order valence-corrected chi connectivity index (χ2v) is 8.36. The molecule has 3 heterocycles. The van der Waals surface area contributed by atoms with Gasteiger partial charge in [-0.1, -0.05) is 11.3 Å². The number of ketones is 1. The lowest BCUT2D eigenvalue weighted by atomic mass is 10.0. The van der Waals surface area contributed by atoms with Crippen LogP contribution in [0.5, 0.6) is 23.1 Å². The molecule has 0 aliphatic carbocycles. The van der Waals surface area contributed by atoms with Crippen LogP contribution in [-0.2, 0) is 0 Å². The first kappa shape index (κ1) is 20.7. The Kier molecular flexibility index (Phi) is 4.83. The smallest absolute Gasteiger partial charge is 0.242 e. The molecule has 0 radical (unpaired) electrons. The number of fused-ring (bicyclic) bond motifs is 1. The molecular weight excluding hydrogens is 444 g/mol. The number of furan rings is 1. The zero-order valence-electron chi connectivity index (χ0n) is 17.6. The first-order chi connectivity index (χ1) is 15.9. The molecule has 2 aromatic carbocycles. The van der Waals surface area contributed by atoms with Crippen molar-refractivity contribution in [1.82, 2.24) is 9.55 Å². The van der Waals surface area contributed by atoms with Crippen LogP contribution in [0.15, 0.2) is 59.0 Å². The molecule has 3 N–H and O–H groups in total. The number of methoxy groups -OCH3 is 1. The molecule has 9 heteroatoms. The number of carbonyl (C=O) groups excluding carboxylic acids is 1. The van der Waals surface area contributed by atoms with Crippen LogP contribution in [0.1, 0.15) is 21.9 Å². The van der Waals surface area contributed by atoms with E-state index in [1.54, 1.807) is 44.4 Å². The first-order valence-corrected chi connectivity index (χ1v) is 10.7. The van der Waals surface area contributed by atoms with Crippen LogP contribution in [0.2, 0.25) is 0 Å². The third-order valence-corrected chi connectivity index (χ3v) is 6.23. The van der Waals surface area contributed by atoms with Gasteiger partial charge in [0.05, 0.1) is 28.6 Å². The summed E-state index contributed by atoms with van der Waals surface area (Å²) in [5.74, 6) is -0.473. The highest BCUT2D eigenvalue weighted by Gasteiger charge is 2.32. The van der Waals surface area contributed by atoms with Crippen molar-refractivity contribution in [1.29, 1.82) is 0 Å². The van der Waals surface area contributed by atoms with E-state index in [2.05, 4.69) is 4.98 Å². The average Bonchev–Trinajstić information content (AvgIpc) is 3.49. The van der Waals surface area contributed by atoms with Crippen molar-refractivity contribution in [3.8, 4) is 39.5 Å². The lowest BCUT2D eigenvalue weighted by Gasteiger charge is -2.09. The molecule has 0 bridgehead atoms. The van der Waals surface area contributed by atoms with Crippen molar-refractivity contribution in [3.63, 3.8) is 0 Å². The maximum atomic E-state index is 13.3. The van der Waals surface area contributed by atoms with Gasteiger partial charge < -0.3 is 24.5 Å². The van der Waals surface area contributed by atoms with Gasteiger partial charge >= 0.3 is 0 Å². The lowest BCUT2D eigenvalue weighted by molar-refractivity contribution is 0.101. The van der Waals surface area contributed by atoms with Gasteiger partial charge in [0.1, 0.15) is 17.3 Å². The Morgan fingerprint density at radius 2 is 1.82 bits per heavy atom. The van der Waals surface area contributed by atoms with Crippen molar-refractivity contribution < 1.29 is 29.3 Å². The zero-order chi connectivity index (χ0) is 23.3. The average molecular weight is 462 g/mol. The molecule has 0 atom stereocenters. The molecule has 166 valence electrons. The molecule has 0 amide bonds. The van der Waals surface area contributed by atoms with Crippen molar-refractivity contribution in [2.24, 2.45) is 0 Å². The summed E-state index contributed by atoms with van der Waals surface area (Å²) in [7, 11) is 1.57. The number of benzene rings is 2. The third-order valence-electron chi connectivity index (χ3n) is 5.23. The van der Waals surface area contributed by atoms with Crippen molar-refractivity contribution >= 4 is 27.3 Å². The topological polar surface area (TPSA) is 118 Å². The molecule has 0 spiro atoms. The number of nitrogens with zero attached hydrogens (tertiary/aromatic N) is 2. The molecule has 33 heavy (non-hydrogen) atoms. The van der Waals surface area contributed by atoms with E-state index in [0.717, 1.165) is 4.70 Å². The number of carbonyl (C=O) groups is 1.